The number of anilines is 2. The Kier molecular flexibility index (Phi) is 4.09. The van der Waals surface area contributed by atoms with Crippen molar-refractivity contribution in [3.8, 4) is 11.3 Å². The summed E-state index contributed by atoms with van der Waals surface area (Å²) < 4.78 is 0. The van der Waals surface area contributed by atoms with Crippen molar-refractivity contribution in [2.45, 2.75) is 0 Å². The van der Waals surface area contributed by atoms with E-state index in [0.717, 1.165) is 22.1 Å². The summed E-state index contributed by atoms with van der Waals surface area (Å²) >= 11 is 7.34. The number of thiazole rings is 1. The number of carbonyl (C=O) groups excluding carboxylic acids is 1. The summed E-state index contributed by atoms with van der Waals surface area (Å²) in [5.74, 6) is -1.19. The van der Waals surface area contributed by atoms with E-state index in [4.69, 9.17) is 11.6 Å². The molecule has 1 aromatic heterocycles. The van der Waals surface area contributed by atoms with E-state index in [2.05, 4.69) is 10.3 Å². The summed E-state index contributed by atoms with van der Waals surface area (Å²) in [6, 6.07) is 13.8. The van der Waals surface area contributed by atoms with Crippen LogP contribution in [0.25, 0.3) is 11.3 Å². The second-order valence-electron chi connectivity index (χ2n) is 4.53. The molecule has 110 valence electrons. The van der Waals surface area contributed by atoms with Crippen LogP contribution in [0.15, 0.2) is 53.9 Å². The smallest absolute Gasteiger partial charge is 0.187 e. The average molecular weight is 330 g/mol. The van der Waals surface area contributed by atoms with Crippen LogP contribution >= 0.6 is 22.9 Å². The van der Waals surface area contributed by atoms with Crippen molar-refractivity contribution >= 4 is 39.7 Å². The van der Waals surface area contributed by atoms with Crippen LogP contribution in [-0.2, 0) is 0 Å². The van der Waals surface area contributed by atoms with Crippen LogP contribution in [0.4, 0.5) is 10.8 Å². The first-order valence-corrected chi connectivity index (χ1v) is 7.67. The van der Waals surface area contributed by atoms with Gasteiger partial charge in [0.1, 0.15) is 0 Å². The van der Waals surface area contributed by atoms with Crippen molar-refractivity contribution in [1.82, 2.24) is 4.98 Å². The fourth-order valence-electron chi connectivity index (χ4n) is 1.90. The number of aromatic carboxylic acids is 1. The zero-order valence-electron chi connectivity index (χ0n) is 11.2. The molecular formula is C16H10ClN2O2S-. The third-order valence-electron chi connectivity index (χ3n) is 3.02. The lowest BCUT2D eigenvalue weighted by molar-refractivity contribution is -0.255. The van der Waals surface area contributed by atoms with E-state index < -0.39 is 5.97 Å². The fourth-order valence-corrected chi connectivity index (χ4v) is 2.76. The third-order valence-corrected chi connectivity index (χ3v) is 4.03. The number of carboxylic acids is 1. The van der Waals surface area contributed by atoms with Crippen molar-refractivity contribution in [2.75, 3.05) is 5.32 Å². The Morgan fingerprint density at radius 2 is 1.77 bits per heavy atom. The number of rotatable bonds is 4. The van der Waals surface area contributed by atoms with Gasteiger partial charge in [-0.25, -0.2) is 4.98 Å². The highest BCUT2D eigenvalue weighted by Gasteiger charge is 2.05. The lowest BCUT2D eigenvalue weighted by Crippen LogP contribution is -2.21. The predicted octanol–water partition coefficient (Wildman–Crippen LogP) is 3.57. The molecule has 0 aliphatic carbocycles. The van der Waals surface area contributed by atoms with E-state index >= 15 is 0 Å². The van der Waals surface area contributed by atoms with Gasteiger partial charge in [0.25, 0.3) is 0 Å². The van der Waals surface area contributed by atoms with Crippen molar-refractivity contribution in [3.05, 3.63) is 64.5 Å². The number of hydrogen-bond acceptors (Lipinski definition) is 5. The van der Waals surface area contributed by atoms with Crippen LogP contribution in [0.1, 0.15) is 10.4 Å². The van der Waals surface area contributed by atoms with Crippen LogP contribution in [0.3, 0.4) is 0 Å². The number of nitrogens with one attached hydrogen (secondary N) is 1. The quantitative estimate of drug-likeness (QED) is 0.794. The molecule has 1 heterocycles. The second-order valence-corrected chi connectivity index (χ2v) is 5.83. The fraction of sp³-hybridized carbons (Fsp3) is 0. The van der Waals surface area contributed by atoms with Gasteiger partial charge < -0.3 is 15.2 Å². The van der Waals surface area contributed by atoms with Crippen LogP contribution in [-0.4, -0.2) is 11.0 Å². The number of halogens is 1. The highest BCUT2D eigenvalue weighted by atomic mass is 35.5. The molecule has 3 rings (SSSR count). The number of benzene rings is 2. The summed E-state index contributed by atoms with van der Waals surface area (Å²) in [4.78, 5) is 15.2. The predicted molar refractivity (Wildman–Crippen MR) is 86.6 cm³/mol. The molecule has 0 saturated carbocycles. The van der Waals surface area contributed by atoms with Gasteiger partial charge in [0.2, 0.25) is 0 Å². The zero-order chi connectivity index (χ0) is 15.5. The minimum absolute atomic E-state index is 0.145. The van der Waals surface area contributed by atoms with Crippen LogP contribution < -0.4 is 10.4 Å². The molecule has 0 spiro atoms. The Labute approximate surface area is 136 Å². The van der Waals surface area contributed by atoms with E-state index in [1.807, 2.05) is 29.6 Å². The maximum absolute atomic E-state index is 10.7. The normalized spacial score (nSPS) is 10.4. The first kappa shape index (κ1) is 14.6. The van der Waals surface area contributed by atoms with Gasteiger partial charge in [-0.1, -0.05) is 35.9 Å². The number of nitrogens with zero attached hydrogens (tertiary/aromatic N) is 1. The number of hydrogen-bond donors (Lipinski definition) is 1. The van der Waals surface area contributed by atoms with E-state index in [-0.39, 0.29) is 5.56 Å². The lowest BCUT2D eigenvalue weighted by Gasteiger charge is -2.05. The van der Waals surface area contributed by atoms with Gasteiger partial charge in [-0.2, -0.15) is 0 Å². The molecule has 2 aromatic carbocycles. The molecule has 6 heteroatoms. The van der Waals surface area contributed by atoms with E-state index in [1.54, 1.807) is 12.1 Å². The van der Waals surface area contributed by atoms with E-state index in [1.165, 1.54) is 23.5 Å². The van der Waals surface area contributed by atoms with Gasteiger partial charge in [-0.05, 0) is 29.8 Å². The molecule has 0 bridgehead atoms. The summed E-state index contributed by atoms with van der Waals surface area (Å²) in [6.45, 7) is 0. The number of carboxylic acid groups (broad SMARTS) is 1. The van der Waals surface area contributed by atoms with Gasteiger partial charge in [-0.3, -0.25) is 0 Å². The SMILES string of the molecule is O=C([O-])c1ccc(Nc2nc(-c3ccc(Cl)cc3)cs2)cc1. The molecule has 0 fully saturated rings. The van der Waals surface area contributed by atoms with Crippen molar-refractivity contribution in [2.24, 2.45) is 0 Å². The lowest BCUT2D eigenvalue weighted by atomic mass is 10.2. The molecule has 0 amide bonds. The minimum atomic E-state index is -1.19. The molecule has 0 saturated heterocycles. The van der Waals surface area contributed by atoms with Crippen LogP contribution in [0, 0.1) is 0 Å². The molecule has 0 atom stereocenters. The minimum Gasteiger partial charge on any atom is -0.545 e. The molecule has 3 aromatic rings. The summed E-state index contributed by atoms with van der Waals surface area (Å²) in [5, 5.41) is 17.2. The first-order chi connectivity index (χ1) is 10.6. The topological polar surface area (TPSA) is 65.0 Å². The molecule has 0 radical (unpaired) electrons. The second kappa shape index (κ2) is 6.17. The molecule has 22 heavy (non-hydrogen) atoms. The van der Waals surface area contributed by atoms with Gasteiger partial charge in [-0.15, -0.1) is 11.3 Å². The van der Waals surface area contributed by atoms with Crippen molar-refractivity contribution < 1.29 is 9.90 Å². The Bertz CT molecular complexity index is 798. The molecule has 4 nitrogen and oxygen atoms in total. The number of carbonyl (C=O) groups is 1. The summed E-state index contributed by atoms with van der Waals surface area (Å²) in [5.41, 5.74) is 2.75. The molecule has 0 aliphatic rings. The Hall–Kier alpha value is -2.37. The van der Waals surface area contributed by atoms with Crippen molar-refractivity contribution in [1.29, 1.82) is 0 Å². The summed E-state index contributed by atoms with van der Waals surface area (Å²) in [6.07, 6.45) is 0. The third kappa shape index (κ3) is 3.27. The molecule has 1 N–H and O–H groups in total. The highest BCUT2D eigenvalue weighted by molar-refractivity contribution is 7.14. The Morgan fingerprint density at radius 1 is 1.09 bits per heavy atom. The average Bonchev–Trinajstić information content (AvgIpc) is 2.97. The molecular weight excluding hydrogens is 320 g/mol. The van der Waals surface area contributed by atoms with Crippen LogP contribution in [0.5, 0.6) is 0 Å². The van der Waals surface area contributed by atoms with Gasteiger partial charge in [0.15, 0.2) is 5.13 Å². The number of aromatic nitrogens is 1. The Morgan fingerprint density at radius 3 is 2.41 bits per heavy atom. The maximum Gasteiger partial charge on any atom is 0.187 e. The highest BCUT2D eigenvalue weighted by Crippen LogP contribution is 2.27. The van der Waals surface area contributed by atoms with Gasteiger partial charge >= 0.3 is 0 Å². The largest absolute Gasteiger partial charge is 0.545 e. The monoisotopic (exact) mass is 329 g/mol. The van der Waals surface area contributed by atoms with E-state index in [9.17, 15) is 9.90 Å². The summed E-state index contributed by atoms with van der Waals surface area (Å²) in [7, 11) is 0. The van der Waals surface area contributed by atoms with Gasteiger partial charge in [0.05, 0.1) is 11.7 Å². The maximum atomic E-state index is 10.7. The Balaban J connectivity index is 1.76. The molecule has 0 aliphatic heterocycles. The molecule has 0 unspecified atom stereocenters. The van der Waals surface area contributed by atoms with Gasteiger partial charge in [0, 0.05) is 21.7 Å². The standard InChI is InChI=1S/C16H11ClN2O2S/c17-12-5-1-10(2-6-12)14-9-22-16(19-14)18-13-7-3-11(4-8-13)15(20)21/h1-9H,(H,18,19)(H,20,21)/p-1. The van der Waals surface area contributed by atoms with E-state index in [0.29, 0.717) is 5.02 Å². The zero-order valence-corrected chi connectivity index (χ0v) is 12.8. The van der Waals surface area contributed by atoms with Crippen molar-refractivity contribution in [3.63, 3.8) is 0 Å². The van der Waals surface area contributed by atoms with Crippen LogP contribution in [0.2, 0.25) is 5.02 Å². The first-order valence-electron chi connectivity index (χ1n) is 6.42.